The zero-order valence-electron chi connectivity index (χ0n) is 7.29. The number of halogens is 2. The fraction of sp³-hybridized carbons (Fsp3) is 0.111. The van der Waals surface area contributed by atoms with Gasteiger partial charge >= 0.3 is 0 Å². The molecule has 0 N–H and O–H groups in total. The largest absolute Gasteiger partial charge is 0.240 e. The highest BCUT2D eigenvalue weighted by molar-refractivity contribution is 9.19. The Bertz CT molecular complexity index is 421. The maximum Gasteiger partial charge on any atom is 0.240 e. The van der Waals surface area contributed by atoms with Gasteiger partial charge in [0.2, 0.25) is 6.08 Å². The number of nitrogens with zero attached hydrogens (tertiary/aromatic N) is 2. The van der Waals surface area contributed by atoms with E-state index in [0.717, 1.165) is 5.56 Å². The summed E-state index contributed by atoms with van der Waals surface area (Å²) >= 11 is 8.54. The number of carbonyl (C=O) groups excluding carboxylic acids is 1. The summed E-state index contributed by atoms with van der Waals surface area (Å²) in [6.45, 7) is 1.85. The molecule has 0 spiro atoms. The second kappa shape index (κ2) is 5.05. The number of isocyanates is 1. The zero-order chi connectivity index (χ0) is 10.6. The van der Waals surface area contributed by atoms with Crippen molar-refractivity contribution in [2.45, 2.75) is 6.92 Å². The molecule has 5 heteroatoms. The van der Waals surface area contributed by atoms with Gasteiger partial charge in [0.25, 0.3) is 0 Å². The van der Waals surface area contributed by atoms with Gasteiger partial charge in [0.15, 0.2) is 4.08 Å². The van der Waals surface area contributed by atoms with Crippen LogP contribution in [-0.2, 0) is 4.79 Å². The Kier molecular flexibility index (Phi) is 4.01. The van der Waals surface area contributed by atoms with E-state index in [4.69, 9.17) is 11.6 Å². The van der Waals surface area contributed by atoms with Crippen LogP contribution in [-0.4, -0.2) is 10.2 Å². The van der Waals surface area contributed by atoms with E-state index in [1.165, 1.54) is 6.08 Å². The topological polar surface area (TPSA) is 41.8 Å². The van der Waals surface area contributed by atoms with Crippen molar-refractivity contribution in [3.63, 3.8) is 0 Å². The van der Waals surface area contributed by atoms with E-state index < -0.39 is 0 Å². The van der Waals surface area contributed by atoms with Gasteiger partial charge in [0, 0.05) is 0 Å². The van der Waals surface area contributed by atoms with Crippen LogP contribution in [0, 0.1) is 6.92 Å². The number of rotatable bonds is 2. The maximum absolute atomic E-state index is 10.1. The zero-order valence-corrected chi connectivity index (χ0v) is 9.63. The summed E-state index contributed by atoms with van der Waals surface area (Å²) in [5, 5.41) is 0. The van der Waals surface area contributed by atoms with Gasteiger partial charge < -0.3 is 0 Å². The highest BCUT2D eigenvalue weighted by Crippen LogP contribution is 2.25. The van der Waals surface area contributed by atoms with Gasteiger partial charge in [-0.2, -0.15) is 4.99 Å². The SMILES string of the molecule is Cc1ccc(/N=C(\Cl)Br)cc1N=C=O. The summed E-state index contributed by atoms with van der Waals surface area (Å²) in [5.41, 5.74) is 2.07. The summed E-state index contributed by atoms with van der Waals surface area (Å²) in [6, 6.07) is 5.24. The molecule has 0 heterocycles. The maximum atomic E-state index is 10.1. The standard InChI is InChI=1S/C9H6BrClN2O/c1-6-2-3-7(13-9(10)11)4-8(6)12-5-14/h2-4H,1H3/b13-9-. The second-order valence-corrected chi connectivity index (χ2v) is 4.09. The molecule has 3 nitrogen and oxygen atoms in total. The molecule has 0 aliphatic rings. The van der Waals surface area contributed by atoms with Gasteiger partial charge in [0.05, 0.1) is 11.4 Å². The Morgan fingerprint density at radius 3 is 2.86 bits per heavy atom. The third-order valence-corrected chi connectivity index (χ3v) is 1.83. The lowest BCUT2D eigenvalue weighted by Crippen LogP contribution is -1.75. The molecule has 0 bridgehead atoms. The van der Waals surface area contributed by atoms with Crippen molar-refractivity contribution in [2.75, 3.05) is 0 Å². The molecule has 0 unspecified atom stereocenters. The van der Waals surface area contributed by atoms with Crippen molar-refractivity contribution < 1.29 is 4.79 Å². The molecular weight excluding hydrogens is 267 g/mol. The van der Waals surface area contributed by atoms with Crippen molar-refractivity contribution in [3.05, 3.63) is 23.8 Å². The van der Waals surface area contributed by atoms with Gasteiger partial charge in [-0.15, -0.1) is 0 Å². The molecular formula is C9H6BrClN2O. The minimum Gasteiger partial charge on any atom is -0.229 e. The molecule has 1 aromatic carbocycles. The smallest absolute Gasteiger partial charge is 0.229 e. The van der Waals surface area contributed by atoms with Crippen LogP contribution in [0.25, 0.3) is 0 Å². The van der Waals surface area contributed by atoms with Crippen LogP contribution in [0.1, 0.15) is 5.56 Å². The van der Waals surface area contributed by atoms with Crippen LogP contribution in [0.3, 0.4) is 0 Å². The lowest BCUT2D eigenvalue weighted by atomic mass is 10.2. The minimum absolute atomic E-state index is 0.252. The van der Waals surface area contributed by atoms with Crippen LogP contribution in [0.5, 0.6) is 0 Å². The molecule has 0 radical (unpaired) electrons. The van der Waals surface area contributed by atoms with Crippen molar-refractivity contribution in [1.29, 1.82) is 0 Å². The minimum atomic E-state index is 0.252. The van der Waals surface area contributed by atoms with Crippen LogP contribution < -0.4 is 0 Å². The predicted octanol–water partition coefficient (Wildman–Crippen LogP) is 3.58. The van der Waals surface area contributed by atoms with Crippen molar-refractivity contribution >= 4 is 49.1 Å². The molecule has 0 aromatic heterocycles. The molecule has 1 aromatic rings. The predicted molar refractivity (Wildman–Crippen MR) is 60.8 cm³/mol. The fourth-order valence-electron chi connectivity index (χ4n) is 0.935. The molecule has 0 aliphatic carbocycles. The average Bonchev–Trinajstić information content (AvgIpc) is 2.10. The Labute approximate surface area is 94.6 Å². The monoisotopic (exact) mass is 272 g/mol. The van der Waals surface area contributed by atoms with Crippen LogP contribution >= 0.6 is 27.5 Å². The van der Waals surface area contributed by atoms with E-state index in [-0.39, 0.29) is 4.08 Å². The van der Waals surface area contributed by atoms with Crippen LogP contribution in [0.4, 0.5) is 11.4 Å². The Balaban J connectivity index is 3.19. The summed E-state index contributed by atoms with van der Waals surface area (Å²) < 4.78 is 0.252. The first-order valence-electron chi connectivity index (χ1n) is 3.71. The van der Waals surface area contributed by atoms with E-state index in [1.807, 2.05) is 13.0 Å². The summed E-state index contributed by atoms with van der Waals surface area (Å²) in [4.78, 5) is 17.6. The summed E-state index contributed by atoms with van der Waals surface area (Å²) in [6.07, 6.45) is 1.49. The van der Waals surface area contributed by atoms with Crippen LogP contribution in [0.2, 0.25) is 0 Å². The second-order valence-electron chi connectivity index (χ2n) is 2.53. The molecule has 72 valence electrons. The number of aryl methyl sites for hydroxylation is 1. The third kappa shape index (κ3) is 3.07. The normalized spacial score (nSPS) is 10.9. The Morgan fingerprint density at radius 1 is 1.57 bits per heavy atom. The third-order valence-electron chi connectivity index (χ3n) is 1.57. The number of benzene rings is 1. The van der Waals surface area contributed by atoms with E-state index >= 15 is 0 Å². The van der Waals surface area contributed by atoms with E-state index in [2.05, 4.69) is 25.9 Å². The molecule has 14 heavy (non-hydrogen) atoms. The average molecular weight is 274 g/mol. The fourth-order valence-corrected chi connectivity index (χ4v) is 1.24. The lowest BCUT2D eigenvalue weighted by Gasteiger charge is -1.99. The van der Waals surface area contributed by atoms with Gasteiger partial charge in [-0.05, 0) is 40.5 Å². The van der Waals surface area contributed by atoms with E-state index in [9.17, 15) is 4.79 Å². The summed E-state index contributed by atoms with van der Waals surface area (Å²) in [5.74, 6) is 0. The van der Waals surface area contributed by atoms with Crippen molar-refractivity contribution in [3.8, 4) is 0 Å². The van der Waals surface area contributed by atoms with E-state index in [0.29, 0.717) is 11.4 Å². The Hall–Kier alpha value is -0.960. The first-order chi connectivity index (χ1) is 6.63. The molecule has 0 fully saturated rings. The summed E-state index contributed by atoms with van der Waals surface area (Å²) in [7, 11) is 0. The molecule has 0 saturated heterocycles. The van der Waals surface area contributed by atoms with Crippen molar-refractivity contribution in [1.82, 2.24) is 0 Å². The number of aliphatic imine (C=N–C) groups is 2. The molecule has 1 rings (SSSR count). The molecule has 0 atom stereocenters. The quantitative estimate of drug-likeness (QED) is 0.600. The first kappa shape index (κ1) is 11.1. The highest BCUT2D eigenvalue weighted by Gasteiger charge is 1.98. The van der Waals surface area contributed by atoms with Crippen LogP contribution in [0.15, 0.2) is 28.2 Å². The molecule has 0 aliphatic heterocycles. The highest BCUT2D eigenvalue weighted by atomic mass is 79.9. The lowest BCUT2D eigenvalue weighted by molar-refractivity contribution is 0.565. The van der Waals surface area contributed by atoms with Gasteiger partial charge in [-0.25, -0.2) is 9.79 Å². The van der Waals surface area contributed by atoms with Crippen molar-refractivity contribution in [2.24, 2.45) is 9.98 Å². The van der Waals surface area contributed by atoms with Gasteiger partial charge in [-0.1, -0.05) is 17.7 Å². The van der Waals surface area contributed by atoms with E-state index in [1.54, 1.807) is 12.1 Å². The molecule has 0 saturated carbocycles. The van der Waals surface area contributed by atoms with Gasteiger partial charge in [0.1, 0.15) is 0 Å². The first-order valence-corrected chi connectivity index (χ1v) is 4.89. The number of hydrogen-bond donors (Lipinski definition) is 0. The molecule has 0 amide bonds. The van der Waals surface area contributed by atoms with Gasteiger partial charge in [-0.3, -0.25) is 0 Å². The Morgan fingerprint density at radius 2 is 2.29 bits per heavy atom. The number of hydrogen-bond acceptors (Lipinski definition) is 3.